The van der Waals surface area contributed by atoms with Crippen molar-refractivity contribution in [1.29, 1.82) is 0 Å². The summed E-state index contributed by atoms with van der Waals surface area (Å²) in [5.41, 5.74) is 2.88. The van der Waals surface area contributed by atoms with Crippen molar-refractivity contribution in [3.63, 3.8) is 0 Å². The topological polar surface area (TPSA) is 52.8 Å². The Morgan fingerprint density at radius 2 is 1.76 bits per heavy atom. The smallest absolute Gasteiger partial charge is 0.279 e. The molecular formula is C23H26N2O3S. The number of ether oxygens (including phenoxy) is 2. The van der Waals surface area contributed by atoms with Crippen LogP contribution in [0.1, 0.15) is 50.0 Å². The molecule has 0 bridgehead atoms. The molecule has 29 heavy (non-hydrogen) atoms. The fourth-order valence-electron chi connectivity index (χ4n) is 3.40. The fourth-order valence-corrected chi connectivity index (χ4v) is 4.46. The van der Waals surface area contributed by atoms with Crippen LogP contribution in [-0.4, -0.2) is 23.7 Å². The van der Waals surface area contributed by atoms with Crippen LogP contribution >= 0.6 is 11.3 Å². The van der Waals surface area contributed by atoms with Gasteiger partial charge < -0.3 is 14.0 Å². The predicted molar refractivity (Wildman–Crippen MR) is 116 cm³/mol. The highest BCUT2D eigenvalue weighted by molar-refractivity contribution is 7.16. The average Bonchev–Trinajstić information content (AvgIpc) is 3.02. The van der Waals surface area contributed by atoms with Crippen LogP contribution in [0.5, 0.6) is 11.5 Å². The lowest BCUT2D eigenvalue weighted by atomic mass is 9.87. The number of benzene rings is 2. The maximum atomic E-state index is 12.8. The van der Waals surface area contributed by atoms with E-state index in [2.05, 4.69) is 37.3 Å². The van der Waals surface area contributed by atoms with Crippen LogP contribution in [0.4, 0.5) is 0 Å². The molecule has 4 rings (SSSR count). The standard InChI is InChI=1S/C23H26N2O3S/c1-5-10-25-17-13-18-19(28-12-11-27-18)14-20(17)29-22(25)24-21(26)15-6-8-16(9-7-15)23(2,3)4/h6-9,13-14H,5,10-12H2,1-4H3. The number of rotatable bonds is 3. The van der Waals surface area contributed by atoms with Gasteiger partial charge in [-0.1, -0.05) is 51.2 Å². The molecule has 0 unspecified atom stereocenters. The predicted octanol–water partition coefficient (Wildman–Crippen LogP) is 4.92. The number of amides is 1. The van der Waals surface area contributed by atoms with Crippen molar-refractivity contribution in [3.8, 4) is 11.5 Å². The van der Waals surface area contributed by atoms with Crippen LogP contribution in [0.3, 0.4) is 0 Å². The molecule has 1 aromatic heterocycles. The van der Waals surface area contributed by atoms with Crippen molar-refractivity contribution in [2.75, 3.05) is 13.2 Å². The van der Waals surface area contributed by atoms with Gasteiger partial charge in [0.15, 0.2) is 16.3 Å². The number of hydrogen-bond acceptors (Lipinski definition) is 4. The van der Waals surface area contributed by atoms with E-state index in [9.17, 15) is 4.79 Å². The van der Waals surface area contributed by atoms with Gasteiger partial charge in [-0.3, -0.25) is 4.79 Å². The minimum absolute atomic E-state index is 0.0532. The molecule has 0 N–H and O–H groups in total. The third-order valence-electron chi connectivity index (χ3n) is 4.99. The summed E-state index contributed by atoms with van der Waals surface area (Å²) < 4.78 is 14.6. The molecule has 1 amide bonds. The average molecular weight is 411 g/mol. The summed E-state index contributed by atoms with van der Waals surface area (Å²) in [5, 5.41) is 0. The number of aromatic nitrogens is 1. The molecule has 3 aromatic rings. The van der Waals surface area contributed by atoms with E-state index in [1.807, 2.05) is 36.4 Å². The molecule has 0 aliphatic carbocycles. The molecule has 0 fully saturated rings. The monoisotopic (exact) mass is 410 g/mol. The molecule has 0 atom stereocenters. The molecule has 1 aliphatic heterocycles. The number of hydrogen-bond donors (Lipinski definition) is 0. The number of thiazole rings is 1. The minimum Gasteiger partial charge on any atom is -0.486 e. The van der Waals surface area contributed by atoms with Crippen LogP contribution in [-0.2, 0) is 12.0 Å². The highest BCUT2D eigenvalue weighted by Gasteiger charge is 2.17. The summed E-state index contributed by atoms with van der Waals surface area (Å²) in [6, 6.07) is 11.7. The summed E-state index contributed by atoms with van der Waals surface area (Å²) in [7, 11) is 0. The Morgan fingerprint density at radius 3 is 2.38 bits per heavy atom. The van der Waals surface area contributed by atoms with Gasteiger partial charge in [-0.25, -0.2) is 0 Å². The van der Waals surface area contributed by atoms with Crippen LogP contribution in [0.25, 0.3) is 10.2 Å². The Morgan fingerprint density at radius 1 is 1.10 bits per heavy atom. The first-order valence-electron chi connectivity index (χ1n) is 9.99. The lowest BCUT2D eigenvalue weighted by Crippen LogP contribution is -2.18. The Balaban J connectivity index is 1.76. The van der Waals surface area contributed by atoms with E-state index < -0.39 is 0 Å². The lowest BCUT2D eigenvalue weighted by Gasteiger charge is -2.18. The van der Waals surface area contributed by atoms with Gasteiger partial charge in [0.1, 0.15) is 13.2 Å². The molecule has 5 nitrogen and oxygen atoms in total. The molecule has 1 aliphatic rings. The van der Waals surface area contributed by atoms with Crippen LogP contribution in [0.15, 0.2) is 41.4 Å². The Bertz CT molecular complexity index is 1120. The Labute approximate surface area is 174 Å². The number of carbonyl (C=O) groups excluding carboxylic acids is 1. The van der Waals surface area contributed by atoms with E-state index in [-0.39, 0.29) is 11.3 Å². The Kier molecular flexibility index (Phi) is 5.21. The summed E-state index contributed by atoms with van der Waals surface area (Å²) in [6.45, 7) is 10.5. The summed E-state index contributed by atoms with van der Waals surface area (Å²) in [6.07, 6.45) is 0.946. The first kappa shape index (κ1) is 19.7. The second-order valence-corrected chi connectivity index (χ2v) is 9.25. The quantitative estimate of drug-likeness (QED) is 0.616. The van der Waals surface area contributed by atoms with Crippen LogP contribution in [0, 0.1) is 0 Å². The van der Waals surface area contributed by atoms with Gasteiger partial charge in [-0.05, 0) is 29.5 Å². The van der Waals surface area contributed by atoms with Gasteiger partial charge in [-0.2, -0.15) is 4.99 Å². The molecule has 6 heteroatoms. The highest BCUT2D eigenvalue weighted by atomic mass is 32.1. The van der Waals surface area contributed by atoms with Crippen LogP contribution in [0.2, 0.25) is 0 Å². The van der Waals surface area contributed by atoms with Crippen molar-refractivity contribution in [1.82, 2.24) is 4.57 Å². The van der Waals surface area contributed by atoms with Gasteiger partial charge >= 0.3 is 0 Å². The normalized spacial score (nSPS) is 14.4. The third-order valence-corrected chi connectivity index (χ3v) is 6.03. The number of carbonyl (C=O) groups is 1. The second-order valence-electron chi connectivity index (χ2n) is 8.24. The zero-order valence-electron chi connectivity index (χ0n) is 17.3. The minimum atomic E-state index is -0.223. The van der Waals surface area contributed by atoms with E-state index in [1.165, 1.54) is 16.9 Å². The third kappa shape index (κ3) is 3.94. The first-order chi connectivity index (χ1) is 13.9. The maximum Gasteiger partial charge on any atom is 0.279 e. The van der Waals surface area contributed by atoms with Gasteiger partial charge in [0.05, 0.1) is 10.2 Å². The molecular weight excluding hydrogens is 384 g/mol. The number of fused-ring (bicyclic) bond motifs is 2. The zero-order chi connectivity index (χ0) is 20.6. The summed E-state index contributed by atoms with van der Waals surface area (Å²) >= 11 is 1.51. The van der Waals surface area contributed by atoms with Gasteiger partial charge in [0.2, 0.25) is 0 Å². The van der Waals surface area contributed by atoms with Crippen LogP contribution < -0.4 is 14.3 Å². The van der Waals surface area contributed by atoms with E-state index >= 15 is 0 Å². The van der Waals surface area contributed by atoms with E-state index in [1.54, 1.807) is 0 Å². The second kappa shape index (κ2) is 7.67. The molecule has 0 saturated heterocycles. The van der Waals surface area contributed by atoms with Crippen molar-refractivity contribution in [2.24, 2.45) is 4.99 Å². The molecule has 2 aromatic carbocycles. The van der Waals surface area contributed by atoms with Crippen molar-refractivity contribution >= 4 is 27.5 Å². The van der Waals surface area contributed by atoms with Gasteiger partial charge in [0.25, 0.3) is 5.91 Å². The number of aryl methyl sites for hydroxylation is 1. The molecule has 152 valence electrons. The van der Waals surface area contributed by atoms with E-state index in [0.29, 0.717) is 23.6 Å². The lowest BCUT2D eigenvalue weighted by molar-refractivity contribution is 0.0997. The van der Waals surface area contributed by atoms with Crippen molar-refractivity contribution in [2.45, 2.75) is 46.1 Å². The van der Waals surface area contributed by atoms with Crippen molar-refractivity contribution < 1.29 is 14.3 Å². The maximum absolute atomic E-state index is 12.8. The molecule has 2 heterocycles. The summed E-state index contributed by atoms with van der Waals surface area (Å²) in [4.78, 5) is 18.0. The van der Waals surface area contributed by atoms with Crippen molar-refractivity contribution in [3.05, 3.63) is 52.3 Å². The SMILES string of the molecule is CCCn1c(=NC(=O)c2ccc(C(C)(C)C)cc2)sc2cc3c(cc21)OCCO3. The zero-order valence-corrected chi connectivity index (χ0v) is 18.1. The Hall–Kier alpha value is -2.60. The van der Waals surface area contributed by atoms with Gasteiger partial charge in [0, 0.05) is 24.2 Å². The first-order valence-corrected chi connectivity index (χ1v) is 10.8. The molecule has 0 spiro atoms. The van der Waals surface area contributed by atoms with E-state index in [4.69, 9.17) is 9.47 Å². The highest BCUT2D eigenvalue weighted by Crippen LogP contribution is 2.35. The fraction of sp³-hybridized carbons (Fsp3) is 0.391. The number of nitrogens with zero attached hydrogens (tertiary/aromatic N) is 2. The summed E-state index contributed by atoms with van der Waals surface area (Å²) in [5.74, 6) is 1.28. The van der Waals surface area contributed by atoms with E-state index in [0.717, 1.165) is 34.7 Å². The molecule has 0 saturated carbocycles. The van der Waals surface area contributed by atoms with Gasteiger partial charge in [-0.15, -0.1) is 0 Å². The largest absolute Gasteiger partial charge is 0.486 e. The molecule has 0 radical (unpaired) electrons.